The van der Waals surface area contributed by atoms with Crippen molar-refractivity contribution in [3.05, 3.63) is 0 Å². The fourth-order valence-electron chi connectivity index (χ4n) is 2.66. The van der Waals surface area contributed by atoms with Crippen molar-refractivity contribution in [3.63, 3.8) is 0 Å². The number of hydrogen-bond donors (Lipinski definition) is 3. The van der Waals surface area contributed by atoms with Gasteiger partial charge in [-0.25, -0.2) is 0 Å². The normalized spacial score (nSPS) is 20.3. The van der Waals surface area contributed by atoms with Gasteiger partial charge >= 0.3 is 0 Å². The van der Waals surface area contributed by atoms with E-state index in [0.717, 1.165) is 6.42 Å². The lowest BCUT2D eigenvalue weighted by molar-refractivity contribution is -0.125. The van der Waals surface area contributed by atoms with Gasteiger partial charge in [0.2, 0.25) is 5.91 Å². The van der Waals surface area contributed by atoms with Crippen LogP contribution >= 0.6 is 0 Å². The second kappa shape index (κ2) is 8.54. The number of aliphatic hydroxyl groups excluding tert-OH is 1. The minimum Gasteiger partial charge on any atom is -0.391 e. The number of nitrogens with two attached hydrogens (primary N) is 1. The highest BCUT2D eigenvalue weighted by Crippen LogP contribution is 2.27. The molecule has 0 aromatic rings. The third-order valence-electron chi connectivity index (χ3n) is 4.00. The van der Waals surface area contributed by atoms with Crippen molar-refractivity contribution < 1.29 is 9.90 Å². The lowest BCUT2D eigenvalue weighted by Gasteiger charge is -2.24. The van der Waals surface area contributed by atoms with E-state index in [4.69, 9.17) is 5.73 Å². The summed E-state index contributed by atoms with van der Waals surface area (Å²) in [5.41, 5.74) is 5.80. The molecule has 19 heavy (non-hydrogen) atoms. The van der Waals surface area contributed by atoms with Crippen molar-refractivity contribution in [2.75, 3.05) is 6.54 Å². The first-order valence-corrected chi connectivity index (χ1v) is 7.72. The van der Waals surface area contributed by atoms with Crippen LogP contribution in [0.1, 0.15) is 58.8 Å². The smallest absolute Gasteiger partial charge is 0.239 e. The van der Waals surface area contributed by atoms with Gasteiger partial charge in [-0.3, -0.25) is 4.79 Å². The Labute approximate surface area is 117 Å². The topological polar surface area (TPSA) is 75.4 Å². The van der Waals surface area contributed by atoms with Crippen LogP contribution in [0.3, 0.4) is 0 Å². The maximum atomic E-state index is 11.7. The zero-order chi connectivity index (χ0) is 14.3. The fraction of sp³-hybridized carbons (Fsp3) is 0.933. The summed E-state index contributed by atoms with van der Waals surface area (Å²) < 4.78 is 0. The Balaban J connectivity index is 2.22. The minimum absolute atomic E-state index is 0.232. The summed E-state index contributed by atoms with van der Waals surface area (Å²) >= 11 is 0. The Morgan fingerprint density at radius 3 is 2.53 bits per heavy atom. The first-order valence-electron chi connectivity index (χ1n) is 7.72. The molecule has 1 aliphatic rings. The van der Waals surface area contributed by atoms with Crippen LogP contribution in [0.5, 0.6) is 0 Å². The van der Waals surface area contributed by atoms with Crippen LogP contribution in [0.15, 0.2) is 0 Å². The predicted molar refractivity (Wildman–Crippen MR) is 77.6 cm³/mol. The molecule has 0 radical (unpaired) electrons. The van der Waals surface area contributed by atoms with Crippen molar-refractivity contribution in [3.8, 4) is 0 Å². The molecule has 4 nitrogen and oxygen atoms in total. The van der Waals surface area contributed by atoms with Crippen LogP contribution in [0, 0.1) is 11.8 Å². The van der Waals surface area contributed by atoms with Gasteiger partial charge in [0.1, 0.15) is 6.04 Å². The van der Waals surface area contributed by atoms with Crippen LogP contribution in [0.25, 0.3) is 0 Å². The highest BCUT2D eigenvalue weighted by atomic mass is 16.3. The lowest BCUT2D eigenvalue weighted by atomic mass is 9.85. The summed E-state index contributed by atoms with van der Waals surface area (Å²) in [6, 6.07) is -0.789. The second-order valence-electron chi connectivity index (χ2n) is 6.31. The fourth-order valence-corrected chi connectivity index (χ4v) is 2.66. The summed E-state index contributed by atoms with van der Waals surface area (Å²) in [5.74, 6) is 0.884. The standard InChI is InChI=1S/C15H30N2O2/c1-11(2)10-17-15(19)14(16)13(18)9-8-12-6-4-3-5-7-12/h11-14,18H,3-10,16H2,1-2H3,(H,17,19)/t13-,14?/m0/s1. The third-order valence-corrected chi connectivity index (χ3v) is 4.00. The number of amides is 1. The summed E-state index contributed by atoms with van der Waals surface area (Å²) in [4.78, 5) is 11.7. The van der Waals surface area contributed by atoms with E-state index in [-0.39, 0.29) is 5.91 Å². The molecule has 0 heterocycles. The Morgan fingerprint density at radius 1 is 1.32 bits per heavy atom. The molecule has 0 aromatic heterocycles. The molecular formula is C15H30N2O2. The number of carbonyl (C=O) groups excluding carboxylic acids is 1. The molecule has 1 rings (SSSR count). The average molecular weight is 270 g/mol. The summed E-state index contributed by atoms with van der Waals surface area (Å²) in [6.07, 6.45) is 7.41. The molecule has 4 heteroatoms. The van der Waals surface area contributed by atoms with Gasteiger partial charge in [0.25, 0.3) is 0 Å². The van der Waals surface area contributed by atoms with Crippen molar-refractivity contribution in [2.24, 2.45) is 17.6 Å². The molecule has 0 aromatic carbocycles. The molecule has 0 saturated heterocycles. The number of hydrogen-bond acceptors (Lipinski definition) is 3. The lowest BCUT2D eigenvalue weighted by Crippen LogP contribution is -2.49. The maximum Gasteiger partial charge on any atom is 0.239 e. The monoisotopic (exact) mass is 270 g/mol. The van der Waals surface area contributed by atoms with E-state index in [0.29, 0.717) is 24.8 Å². The number of rotatable bonds is 7. The Hall–Kier alpha value is -0.610. The highest BCUT2D eigenvalue weighted by Gasteiger charge is 2.24. The van der Waals surface area contributed by atoms with Gasteiger partial charge in [-0.2, -0.15) is 0 Å². The predicted octanol–water partition coefficient (Wildman–Crippen LogP) is 1.81. The minimum atomic E-state index is -0.789. The van der Waals surface area contributed by atoms with E-state index in [9.17, 15) is 9.90 Å². The van der Waals surface area contributed by atoms with Gasteiger partial charge in [0, 0.05) is 6.54 Å². The molecule has 0 aliphatic heterocycles. The molecule has 1 aliphatic carbocycles. The highest BCUT2D eigenvalue weighted by molar-refractivity contribution is 5.82. The van der Waals surface area contributed by atoms with Gasteiger partial charge in [0.15, 0.2) is 0 Å². The summed E-state index contributed by atoms with van der Waals surface area (Å²) in [5, 5.41) is 12.8. The van der Waals surface area contributed by atoms with E-state index in [1.165, 1.54) is 32.1 Å². The third kappa shape index (κ3) is 6.39. The van der Waals surface area contributed by atoms with Gasteiger partial charge in [0.05, 0.1) is 6.10 Å². The molecule has 112 valence electrons. The molecule has 1 fully saturated rings. The second-order valence-corrected chi connectivity index (χ2v) is 6.31. The van der Waals surface area contributed by atoms with E-state index in [2.05, 4.69) is 5.32 Å². The van der Waals surface area contributed by atoms with Crippen LogP contribution in [-0.2, 0) is 4.79 Å². The van der Waals surface area contributed by atoms with Crippen molar-refractivity contribution in [1.29, 1.82) is 0 Å². The Kier molecular flexibility index (Phi) is 7.39. The van der Waals surface area contributed by atoms with Crippen LogP contribution in [-0.4, -0.2) is 29.7 Å². The molecule has 1 amide bonds. The van der Waals surface area contributed by atoms with Gasteiger partial charge in [-0.15, -0.1) is 0 Å². The van der Waals surface area contributed by atoms with E-state index < -0.39 is 12.1 Å². The summed E-state index contributed by atoms with van der Waals surface area (Å²) in [6.45, 7) is 4.68. The Morgan fingerprint density at radius 2 is 1.95 bits per heavy atom. The van der Waals surface area contributed by atoms with Crippen LogP contribution in [0.2, 0.25) is 0 Å². The maximum absolute atomic E-state index is 11.7. The van der Waals surface area contributed by atoms with Crippen LogP contribution in [0.4, 0.5) is 0 Å². The molecule has 1 saturated carbocycles. The van der Waals surface area contributed by atoms with E-state index in [1.54, 1.807) is 0 Å². The first-order chi connectivity index (χ1) is 9.00. The molecular weight excluding hydrogens is 240 g/mol. The van der Waals surface area contributed by atoms with Gasteiger partial charge in [-0.1, -0.05) is 46.0 Å². The first kappa shape index (κ1) is 16.4. The largest absolute Gasteiger partial charge is 0.391 e. The van der Waals surface area contributed by atoms with E-state index >= 15 is 0 Å². The molecule has 0 bridgehead atoms. The van der Waals surface area contributed by atoms with Crippen molar-refractivity contribution >= 4 is 5.91 Å². The zero-order valence-electron chi connectivity index (χ0n) is 12.4. The molecule has 4 N–H and O–H groups in total. The Bertz CT molecular complexity index is 263. The summed E-state index contributed by atoms with van der Waals surface area (Å²) in [7, 11) is 0. The average Bonchev–Trinajstić information content (AvgIpc) is 2.42. The quantitative estimate of drug-likeness (QED) is 0.660. The number of nitrogens with one attached hydrogen (secondary N) is 1. The van der Waals surface area contributed by atoms with Crippen LogP contribution < -0.4 is 11.1 Å². The van der Waals surface area contributed by atoms with Gasteiger partial charge in [-0.05, 0) is 24.7 Å². The SMILES string of the molecule is CC(C)CNC(=O)C(N)[C@@H](O)CCC1CCCCC1. The van der Waals surface area contributed by atoms with E-state index in [1.807, 2.05) is 13.8 Å². The van der Waals surface area contributed by atoms with Crippen molar-refractivity contribution in [1.82, 2.24) is 5.32 Å². The van der Waals surface area contributed by atoms with Crippen molar-refractivity contribution in [2.45, 2.75) is 70.9 Å². The zero-order valence-corrected chi connectivity index (χ0v) is 12.4. The van der Waals surface area contributed by atoms with Gasteiger partial charge < -0.3 is 16.2 Å². The number of aliphatic hydroxyl groups is 1. The molecule has 2 atom stereocenters. The number of carbonyl (C=O) groups is 1. The molecule has 0 spiro atoms. The molecule has 1 unspecified atom stereocenters.